The Morgan fingerprint density at radius 3 is 2.67 bits per heavy atom. The van der Waals surface area contributed by atoms with E-state index in [9.17, 15) is 13.6 Å². The molecular formula is C12H15F2NO3. The molecule has 0 aromatic heterocycles. The fourth-order valence-electron chi connectivity index (χ4n) is 1.19. The Labute approximate surface area is 104 Å². The fraction of sp³-hybridized carbons (Fsp3) is 0.417. The maximum atomic E-state index is 13.2. The summed E-state index contributed by atoms with van der Waals surface area (Å²) in [5, 5.41) is 11.4. The molecule has 1 aromatic rings. The first-order valence-corrected chi connectivity index (χ1v) is 5.34. The van der Waals surface area contributed by atoms with Crippen LogP contribution in [0.4, 0.5) is 8.78 Å². The second kappa shape index (κ2) is 5.77. The molecule has 0 aliphatic carbocycles. The van der Waals surface area contributed by atoms with Crippen molar-refractivity contribution in [2.75, 3.05) is 13.2 Å². The van der Waals surface area contributed by atoms with Crippen LogP contribution in [0.25, 0.3) is 0 Å². The predicted molar refractivity (Wildman–Crippen MR) is 61.2 cm³/mol. The molecule has 0 heterocycles. The molecule has 100 valence electrons. The average molecular weight is 259 g/mol. The zero-order chi connectivity index (χ0) is 13.8. The number of carbonyl (C=O) groups excluding carboxylic acids is 1. The van der Waals surface area contributed by atoms with Crippen molar-refractivity contribution in [3.63, 3.8) is 0 Å². The number of halogens is 2. The van der Waals surface area contributed by atoms with Gasteiger partial charge in [-0.2, -0.15) is 0 Å². The van der Waals surface area contributed by atoms with Gasteiger partial charge in [0.05, 0.1) is 12.1 Å². The Morgan fingerprint density at radius 2 is 2.11 bits per heavy atom. The van der Waals surface area contributed by atoms with Gasteiger partial charge in [-0.3, -0.25) is 4.79 Å². The van der Waals surface area contributed by atoms with E-state index < -0.39 is 29.7 Å². The van der Waals surface area contributed by atoms with Crippen LogP contribution in [-0.2, 0) is 4.79 Å². The SMILES string of the molecule is CC(C)(CO)NC(=O)COc1ccc(F)cc1F. The molecule has 6 heteroatoms. The minimum atomic E-state index is -0.871. The van der Waals surface area contributed by atoms with E-state index in [1.807, 2.05) is 0 Å². The van der Waals surface area contributed by atoms with E-state index in [1.54, 1.807) is 13.8 Å². The van der Waals surface area contributed by atoms with Crippen LogP contribution in [0.3, 0.4) is 0 Å². The lowest BCUT2D eigenvalue weighted by atomic mass is 10.1. The molecule has 0 fully saturated rings. The van der Waals surface area contributed by atoms with Gasteiger partial charge in [-0.1, -0.05) is 0 Å². The van der Waals surface area contributed by atoms with Crippen LogP contribution in [0.15, 0.2) is 18.2 Å². The minimum absolute atomic E-state index is 0.201. The molecule has 0 atom stereocenters. The Kier molecular flexibility index (Phi) is 4.61. The summed E-state index contributed by atoms with van der Waals surface area (Å²) in [6.07, 6.45) is 0. The minimum Gasteiger partial charge on any atom is -0.481 e. The highest BCUT2D eigenvalue weighted by Gasteiger charge is 2.19. The normalized spacial score (nSPS) is 11.2. The highest BCUT2D eigenvalue weighted by atomic mass is 19.1. The van der Waals surface area contributed by atoms with Gasteiger partial charge >= 0.3 is 0 Å². The smallest absolute Gasteiger partial charge is 0.258 e. The first-order chi connectivity index (χ1) is 8.34. The second-order valence-corrected chi connectivity index (χ2v) is 4.45. The summed E-state index contributed by atoms with van der Waals surface area (Å²) in [7, 11) is 0. The van der Waals surface area contributed by atoms with Gasteiger partial charge < -0.3 is 15.2 Å². The van der Waals surface area contributed by atoms with Gasteiger partial charge in [0.1, 0.15) is 5.82 Å². The largest absolute Gasteiger partial charge is 0.481 e. The van der Waals surface area contributed by atoms with Crippen molar-refractivity contribution in [3.05, 3.63) is 29.8 Å². The third-order valence-electron chi connectivity index (χ3n) is 2.13. The molecule has 0 aliphatic rings. The van der Waals surface area contributed by atoms with Crippen molar-refractivity contribution >= 4 is 5.91 Å². The summed E-state index contributed by atoms with van der Waals surface area (Å²) in [5.41, 5.74) is -0.776. The average Bonchev–Trinajstić information content (AvgIpc) is 2.27. The van der Waals surface area contributed by atoms with Crippen molar-refractivity contribution in [3.8, 4) is 5.75 Å². The zero-order valence-electron chi connectivity index (χ0n) is 10.2. The zero-order valence-corrected chi connectivity index (χ0v) is 10.2. The van der Waals surface area contributed by atoms with Crippen molar-refractivity contribution in [1.29, 1.82) is 0 Å². The standard InChI is InChI=1S/C12H15F2NO3/c1-12(2,7-16)15-11(17)6-18-10-4-3-8(13)5-9(10)14/h3-5,16H,6-7H2,1-2H3,(H,15,17). The summed E-state index contributed by atoms with van der Waals surface area (Å²) in [4.78, 5) is 11.4. The number of carbonyl (C=O) groups is 1. The maximum Gasteiger partial charge on any atom is 0.258 e. The molecule has 0 aliphatic heterocycles. The lowest BCUT2D eigenvalue weighted by Gasteiger charge is -2.23. The van der Waals surface area contributed by atoms with Gasteiger partial charge in [0.15, 0.2) is 18.2 Å². The molecule has 1 amide bonds. The summed E-state index contributed by atoms with van der Waals surface area (Å²) >= 11 is 0. The van der Waals surface area contributed by atoms with Crippen molar-refractivity contribution in [2.24, 2.45) is 0 Å². The van der Waals surface area contributed by atoms with Gasteiger partial charge in [0, 0.05) is 6.07 Å². The fourth-order valence-corrected chi connectivity index (χ4v) is 1.19. The third kappa shape index (κ3) is 4.29. The maximum absolute atomic E-state index is 13.2. The number of rotatable bonds is 5. The number of ether oxygens (including phenoxy) is 1. The van der Waals surface area contributed by atoms with E-state index >= 15 is 0 Å². The number of nitrogens with one attached hydrogen (secondary N) is 1. The molecule has 2 N–H and O–H groups in total. The highest BCUT2D eigenvalue weighted by Crippen LogP contribution is 2.17. The van der Waals surface area contributed by atoms with Gasteiger partial charge in [0.25, 0.3) is 5.91 Å². The first-order valence-electron chi connectivity index (χ1n) is 5.34. The topological polar surface area (TPSA) is 58.6 Å². The molecule has 1 aromatic carbocycles. The number of benzene rings is 1. The number of aliphatic hydroxyl groups excluding tert-OH is 1. The van der Waals surface area contributed by atoms with E-state index in [-0.39, 0.29) is 12.4 Å². The highest BCUT2D eigenvalue weighted by molar-refractivity contribution is 5.78. The van der Waals surface area contributed by atoms with Crippen molar-refractivity contribution < 1.29 is 23.4 Å². The molecule has 18 heavy (non-hydrogen) atoms. The van der Waals surface area contributed by atoms with E-state index in [2.05, 4.69) is 5.32 Å². The van der Waals surface area contributed by atoms with Crippen LogP contribution in [-0.4, -0.2) is 29.8 Å². The van der Waals surface area contributed by atoms with Crippen LogP contribution in [0, 0.1) is 11.6 Å². The molecule has 0 saturated heterocycles. The van der Waals surface area contributed by atoms with Gasteiger partial charge in [-0.25, -0.2) is 8.78 Å². The lowest BCUT2D eigenvalue weighted by Crippen LogP contribution is -2.48. The lowest BCUT2D eigenvalue weighted by molar-refractivity contribution is -0.125. The summed E-state index contributed by atoms with van der Waals surface area (Å²) in [6.45, 7) is 2.61. The molecule has 0 bridgehead atoms. The first kappa shape index (κ1) is 14.4. The van der Waals surface area contributed by atoms with Crippen molar-refractivity contribution in [1.82, 2.24) is 5.32 Å². The number of aliphatic hydroxyl groups is 1. The van der Waals surface area contributed by atoms with Gasteiger partial charge in [-0.05, 0) is 26.0 Å². The molecule has 0 unspecified atom stereocenters. The van der Waals surface area contributed by atoms with Crippen LogP contribution in [0.2, 0.25) is 0 Å². The van der Waals surface area contributed by atoms with Gasteiger partial charge in [-0.15, -0.1) is 0 Å². The van der Waals surface area contributed by atoms with E-state index in [0.717, 1.165) is 12.1 Å². The molecule has 4 nitrogen and oxygen atoms in total. The quantitative estimate of drug-likeness (QED) is 0.836. The second-order valence-electron chi connectivity index (χ2n) is 4.45. The van der Waals surface area contributed by atoms with E-state index in [0.29, 0.717) is 6.07 Å². The third-order valence-corrected chi connectivity index (χ3v) is 2.13. The predicted octanol–water partition coefficient (Wildman–Crippen LogP) is 1.23. The van der Waals surface area contributed by atoms with Crippen LogP contribution in [0.1, 0.15) is 13.8 Å². The molecule has 0 radical (unpaired) electrons. The molecule has 0 spiro atoms. The summed E-state index contributed by atoms with van der Waals surface area (Å²) in [5.74, 6) is -2.29. The summed E-state index contributed by atoms with van der Waals surface area (Å²) in [6, 6.07) is 2.81. The van der Waals surface area contributed by atoms with E-state index in [4.69, 9.17) is 9.84 Å². The molecular weight excluding hydrogens is 244 g/mol. The Balaban J connectivity index is 2.53. The monoisotopic (exact) mass is 259 g/mol. The summed E-state index contributed by atoms with van der Waals surface area (Å²) < 4.78 is 30.7. The molecule has 1 rings (SSSR count). The number of amides is 1. The Hall–Kier alpha value is -1.69. The molecule has 0 saturated carbocycles. The van der Waals surface area contributed by atoms with Crippen LogP contribution in [0.5, 0.6) is 5.75 Å². The Bertz CT molecular complexity index is 435. The Morgan fingerprint density at radius 1 is 1.44 bits per heavy atom. The van der Waals surface area contributed by atoms with E-state index in [1.165, 1.54) is 0 Å². The van der Waals surface area contributed by atoms with Crippen LogP contribution < -0.4 is 10.1 Å². The van der Waals surface area contributed by atoms with Crippen molar-refractivity contribution in [2.45, 2.75) is 19.4 Å². The number of hydrogen-bond acceptors (Lipinski definition) is 3. The van der Waals surface area contributed by atoms with Crippen LogP contribution >= 0.6 is 0 Å². The number of hydrogen-bond donors (Lipinski definition) is 2. The van der Waals surface area contributed by atoms with Gasteiger partial charge in [0.2, 0.25) is 0 Å².